The van der Waals surface area contributed by atoms with Gasteiger partial charge in [-0.1, -0.05) is 36.4 Å². The minimum absolute atomic E-state index is 0.236. The summed E-state index contributed by atoms with van der Waals surface area (Å²) in [6, 6.07) is 18.7. The average Bonchev–Trinajstić information content (AvgIpc) is 3.16. The Morgan fingerprint density at radius 2 is 1.92 bits per heavy atom. The Bertz CT molecular complexity index is 833. The smallest absolute Gasteiger partial charge is 0.231 e. The number of hydrogen-bond donors (Lipinski definition) is 1. The molecule has 1 saturated heterocycles. The number of benzene rings is 2. The van der Waals surface area contributed by atoms with E-state index in [2.05, 4.69) is 23.5 Å². The molecule has 134 valence electrons. The summed E-state index contributed by atoms with van der Waals surface area (Å²) in [6.45, 7) is 3.64. The summed E-state index contributed by atoms with van der Waals surface area (Å²) in [4.78, 5) is 0. The molecular formula is C21H23N2O3+. The molecule has 0 radical (unpaired) electrons. The molecule has 2 aromatic rings. The molecule has 5 heteroatoms. The second-order valence-corrected chi connectivity index (χ2v) is 7.03. The molecule has 0 spiro atoms. The lowest BCUT2D eigenvalue weighted by molar-refractivity contribution is -0.748. The number of ether oxygens (including phenoxy) is 3. The maximum Gasteiger partial charge on any atom is 0.231 e. The number of nitrogens with zero attached hydrogens (tertiary/aromatic N) is 1. The Labute approximate surface area is 153 Å². The summed E-state index contributed by atoms with van der Waals surface area (Å²) in [5.74, 6) is 1.46. The van der Waals surface area contributed by atoms with E-state index in [1.165, 1.54) is 5.56 Å². The zero-order valence-corrected chi connectivity index (χ0v) is 14.9. The molecule has 0 aliphatic carbocycles. The molecule has 0 bridgehead atoms. The largest absolute Gasteiger partial charge is 0.454 e. The van der Waals surface area contributed by atoms with Crippen molar-refractivity contribution in [1.82, 2.24) is 0 Å². The van der Waals surface area contributed by atoms with Crippen molar-refractivity contribution in [3.05, 3.63) is 59.7 Å². The normalized spacial score (nSPS) is 27.1. The molecule has 5 nitrogen and oxygen atoms in total. The van der Waals surface area contributed by atoms with E-state index in [1.54, 1.807) is 0 Å². The van der Waals surface area contributed by atoms with Crippen LogP contribution in [0.4, 0.5) is 0 Å². The minimum atomic E-state index is -0.726. The van der Waals surface area contributed by atoms with E-state index < -0.39 is 11.1 Å². The Morgan fingerprint density at radius 1 is 1.12 bits per heavy atom. The molecule has 2 heterocycles. The molecule has 0 amide bonds. The summed E-state index contributed by atoms with van der Waals surface area (Å²) < 4.78 is 17.2. The van der Waals surface area contributed by atoms with E-state index >= 15 is 0 Å². The highest BCUT2D eigenvalue weighted by molar-refractivity contribution is 5.47. The number of quaternary nitrogens is 1. The van der Waals surface area contributed by atoms with Gasteiger partial charge in [0.2, 0.25) is 12.3 Å². The van der Waals surface area contributed by atoms with Gasteiger partial charge in [-0.3, -0.25) is 0 Å². The molecule has 4 rings (SSSR count). The summed E-state index contributed by atoms with van der Waals surface area (Å²) in [5, 5.41) is 12.3. The van der Waals surface area contributed by atoms with Gasteiger partial charge in [0.1, 0.15) is 12.6 Å². The summed E-state index contributed by atoms with van der Waals surface area (Å²) in [7, 11) is 0. The molecule has 2 atom stereocenters. The van der Waals surface area contributed by atoms with Crippen molar-refractivity contribution >= 4 is 0 Å². The van der Waals surface area contributed by atoms with Crippen molar-refractivity contribution in [3.63, 3.8) is 0 Å². The van der Waals surface area contributed by atoms with E-state index in [4.69, 9.17) is 14.2 Å². The van der Waals surface area contributed by atoms with Crippen LogP contribution in [-0.2, 0) is 16.9 Å². The number of fused-ring (bicyclic) bond motifs is 1. The maximum absolute atomic E-state index is 10.2. The third kappa shape index (κ3) is 2.72. The topological polar surface area (TPSA) is 68.1 Å². The monoisotopic (exact) mass is 351 g/mol. The molecular weight excluding hydrogens is 328 g/mol. The van der Waals surface area contributed by atoms with Crippen LogP contribution in [0.2, 0.25) is 0 Å². The predicted octanol–water partition coefficient (Wildman–Crippen LogP) is 2.47. The first kappa shape index (κ1) is 16.9. The van der Waals surface area contributed by atoms with Crippen LogP contribution in [0.3, 0.4) is 0 Å². The first-order valence-electron chi connectivity index (χ1n) is 9.00. The van der Waals surface area contributed by atoms with Crippen LogP contribution in [0.5, 0.6) is 11.5 Å². The second kappa shape index (κ2) is 6.64. The average molecular weight is 351 g/mol. The van der Waals surface area contributed by atoms with E-state index in [0.717, 1.165) is 30.7 Å². The van der Waals surface area contributed by atoms with Crippen LogP contribution in [0, 0.1) is 11.3 Å². The quantitative estimate of drug-likeness (QED) is 0.919. The highest BCUT2D eigenvalue weighted by Gasteiger charge is 2.56. The molecule has 2 N–H and O–H groups in total. The zero-order chi connectivity index (χ0) is 18.0. The van der Waals surface area contributed by atoms with Gasteiger partial charge in [0.25, 0.3) is 0 Å². The van der Waals surface area contributed by atoms with Crippen LogP contribution < -0.4 is 14.8 Å². The maximum atomic E-state index is 10.2. The van der Waals surface area contributed by atoms with Gasteiger partial charge in [0.15, 0.2) is 17.1 Å². The first-order chi connectivity index (χ1) is 12.7. The third-order valence-electron chi connectivity index (χ3n) is 5.61. The lowest BCUT2D eigenvalue weighted by Crippen LogP contribution is -3.00. The number of nitriles is 1. The molecule has 26 heavy (non-hydrogen) atoms. The lowest BCUT2D eigenvalue weighted by atomic mass is 9.72. The number of nitrogens with two attached hydrogens (primary N) is 1. The minimum Gasteiger partial charge on any atom is -0.454 e. The van der Waals surface area contributed by atoms with Gasteiger partial charge in [-0.2, -0.15) is 5.26 Å². The fraction of sp³-hybridized carbons (Fsp3) is 0.381. The SMILES string of the molecule is CC1(c2ccc3c(c2)OCO3)OCCCC1(C#N)[NH2+]Cc1ccccc1. The predicted molar refractivity (Wildman–Crippen MR) is 95.5 cm³/mol. The lowest BCUT2D eigenvalue weighted by Gasteiger charge is -2.45. The van der Waals surface area contributed by atoms with Crippen molar-refractivity contribution in [2.24, 2.45) is 0 Å². The van der Waals surface area contributed by atoms with Crippen molar-refractivity contribution in [3.8, 4) is 17.6 Å². The van der Waals surface area contributed by atoms with E-state index in [-0.39, 0.29) is 6.79 Å². The van der Waals surface area contributed by atoms with Gasteiger partial charge in [-0.25, -0.2) is 0 Å². The van der Waals surface area contributed by atoms with Gasteiger partial charge in [-0.05, 0) is 31.0 Å². The van der Waals surface area contributed by atoms with Crippen LogP contribution >= 0.6 is 0 Å². The first-order valence-corrected chi connectivity index (χ1v) is 9.00. The van der Waals surface area contributed by atoms with Crippen LogP contribution in [-0.4, -0.2) is 18.9 Å². The Kier molecular flexibility index (Phi) is 4.31. The van der Waals surface area contributed by atoms with Crippen LogP contribution in [0.1, 0.15) is 30.9 Å². The van der Waals surface area contributed by atoms with Crippen molar-refractivity contribution in [2.45, 2.75) is 37.5 Å². The van der Waals surface area contributed by atoms with Gasteiger partial charge >= 0.3 is 0 Å². The van der Waals surface area contributed by atoms with Crippen molar-refractivity contribution < 1.29 is 19.5 Å². The molecule has 2 aliphatic heterocycles. The fourth-order valence-electron chi connectivity index (χ4n) is 3.94. The van der Waals surface area contributed by atoms with Crippen LogP contribution in [0.15, 0.2) is 48.5 Å². The van der Waals surface area contributed by atoms with Gasteiger partial charge in [-0.15, -0.1) is 0 Å². The van der Waals surface area contributed by atoms with Crippen molar-refractivity contribution in [1.29, 1.82) is 5.26 Å². The van der Waals surface area contributed by atoms with Gasteiger partial charge < -0.3 is 19.5 Å². The standard InChI is InChI=1S/C21H22N2O3/c1-20(17-8-9-18-19(12-17)25-15-24-18)21(14-22,10-5-11-26-20)23-13-16-6-3-2-4-7-16/h2-4,6-9,12,23H,5,10-11,13,15H2,1H3/p+1. The fourth-order valence-corrected chi connectivity index (χ4v) is 3.94. The van der Waals surface area contributed by atoms with E-state index in [0.29, 0.717) is 12.4 Å². The molecule has 0 saturated carbocycles. The van der Waals surface area contributed by atoms with Crippen molar-refractivity contribution in [2.75, 3.05) is 13.4 Å². The highest BCUT2D eigenvalue weighted by Crippen LogP contribution is 2.44. The summed E-state index contributed by atoms with van der Waals surface area (Å²) in [5.41, 5.74) is 0.720. The molecule has 2 unspecified atom stereocenters. The van der Waals surface area contributed by atoms with E-state index in [9.17, 15) is 5.26 Å². The molecule has 2 aromatic carbocycles. The Balaban J connectivity index is 1.68. The number of hydrogen-bond acceptors (Lipinski definition) is 4. The van der Waals surface area contributed by atoms with E-state index in [1.807, 2.05) is 43.3 Å². The van der Waals surface area contributed by atoms with Gasteiger partial charge in [0, 0.05) is 18.6 Å². The highest BCUT2D eigenvalue weighted by atomic mass is 16.7. The zero-order valence-electron chi connectivity index (χ0n) is 14.9. The third-order valence-corrected chi connectivity index (χ3v) is 5.61. The second-order valence-electron chi connectivity index (χ2n) is 7.03. The summed E-state index contributed by atoms with van der Waals surface area (Å²) in [6.07, 6.45) is 1.65. The Hall–Kier alpha value is -2.55. The molecule has 1 fully saturated rings. The number of rotatable bonds is 4. The molecule has 0 aromatic heterocycles. The Morgan fingerprint density at radius 3 is 2.73 bits per heavy atom. The van der Waals surface area contributed by atoms with Crippen LogP contribution in [0.25, 0.3) is 0 Å². The van der Waals surface area contributed by atoms with Gasteiger partial charge in [0.05, 0.1) is 0 Å². The summed E-state index contributed by atoms with van der Waals surface area (Å²) >= 11 is 0. The molecule has 2 aliphatic rings.